The molecule has 9 nitrogen and oxygen atoms in total. The molecule has 1 aliphatic rings. The third kappa shape index (κ3) is 4.89. The highest BCUT2D eigenvalue weighted by molar-refractivity contribution is 5.99. The van der Waals surface area contributed by atoms with E-state index in [2.05, 4.69) is 15.4 Å². The lowest BCUT2D eigenvalue weighted by molar-refractivity contribution is -0.141. The van der Waals surface area contributed by atoms with Gasteiger partial charge in [0, 0.05) is 50.3 Å². The van der Waals surface area contributed by atoms with Gasteiger partial charge in [-0.2, -0.15) is 18.3 Å². The smallest absolute Gasteiger partial charge is 0.435 e. The van der Waals surface area contributed by atoms with Crippen LogP contribution in [0, 0.1) is 6.92 Å². The molecule has 0 radical (unpaired) electrons. The molecule has 0 aliphatic carbocycles. The molecule has 12 heteroatoms. The fraction of sp³-hybridized carbons (Fsp3) is 0.357. The molecule has 1 saturated heterocycles. The molecule has 0 bridgehead atoms. The summed E-state index contributed by atoms with van der Waals surface area (Å²) in [5.74, 6) is -0.627. The molecule has 3 heterocycles. The van der Waals surface area contributed by atoms with E-state index in [1.54, 1.807) is 23.4 Å². The number of hydrogen-bond donors (Lipinski definition) is 1. The number of alkyl halides is 3. The quantitative estimate of drug-likeness (QED) is 0.402. The number of fused-ring (bicyclic) bond motifs is 1. The lowest BCUT2D eigenvalue weighted by Crippen LogP contribution is -2.51. The third-order valence-electron chi connectivity index (χ3n) is 7.47. The molecule has 1 fully saturated rings. The Balaban J connectivity index is 1.42. The molecular formula is C28H29F3N6O3. The first kappa shape index (κ1) is 27.2. The summed E-state index contributed by atoms with van der Waals surface area (Å²) < 4.78 is 48.4. The van der Waals surface area contributed by atoms with Gasteiger partial charge in [0.25, 0.3) is 11.8 Å². The van der Waals surface area contributed by atoms with Crippen LogP contribution in [0.15, 0.2) is 48.8 Å². The van der Waals surface area contributed by atoms with Crippen molar-refractivity contribution in [2.75, 3.05) is 20.2 Å². The number of methoxy groups -OCH3 is 1. The molecule has 0 saturated carbocycles. The van der Waals surface area contributed by atoms with Crippen molar-refractivity contribution in [1.29, 1.82) is 0 Å². The van der Waals surface area contributed by atoms with E-state index in [4.69, 9.17) is 4.74 Å². The number of imidazole rings is 1. The van der Waals surface area contributed by atoms with Gasteiger partial charge in [0.15, 0.2) is 5.69 Å². The molecule has 2 atom stereocenters. The van der Waals surface area contributed by atoms with Gasteiger partial charge in [-0.15, -0.1) is 0 Å². The van der Waals surface area contributed by atoms with Crippen molar-refractivity contribution in [3.8, 4) is 5.75 Å². The normalized spacial score (nSPS) is 17.7. The summed E-state index contributed by atoms with van der Waals surface area (Å²) in [4.78, 5) is 33.0. The van der Waals surface area contributed by atoms with E-state index in [9.17, 15) is 22.8 Å². The summed E-state index contributed by atoms with van der Waals surface area (Å²) in [6.07, 6.45) is -2.60. The Hall–Kier alpha value is -4.35. The Morgan fingerprint density at radius 3 is 2.50 bits per heavy atom. The average molecular weight is 555 g/mol. The van der Waals surface area contributed by atoms with Crippen LogP contribution in [0.4, 0.5) is 13.2 Å². The van der Waals surface area contributed by atoms with Crippen molar-refractivity contribution in [3.05, 3.63) is 76.9 Å². The number of nitrogens with one attached hydrogen (secondary N) is 1. The highest BCUT2D eigenvalue weighted by Crippen LogP contribution is 2.33. The monoisotopic (exact) mass is 554 g/mol. The summed E-state index contributed by atoms with van der Waals surface area (Å²) in [6, 6.07) is 12.5. The lowest BCUT2D eigenvalue weighted by atomic mass is 9.85. The molecular weight excluding hydrogens is 525 g/mol. The van der Waals surface area contributed by atoms with Gasteiger partial charge in [-0.1, -0.05) is 30.3 Å². The number of carbonyl (C=O) groups excluding carboxylic acids is 2. The molecule has 1 N–H and O–H groups in total. The second kappa shape index (κ2) is 10.3. The number of aromatic nitrogens is 4. The first-order chi connectivity index (χ1) is 19.0. The number of likely N-dealkylation sites (tertiary alicyclic amines) is 1. The Labute approximate surface area is 228 Å². The summed E-state index contributed by atoms with van der Waals surface area (Å²) in [5.41, 5.74) is 1.32. The highest BCUT2D eigenvalue weighted by Gasteiger charge is 2.40. The van der Waals surface area contributed by atoms with E-state index in [-0.39, 0.29) is 23.1 Å². The van der Waals surface area contributed by atoms with Crippen LogP contribution in [-0.4, -0.2) is 62.3 Å². The van der Waals surface area contributed by atoms with Crippen LogP contribution in [0.2, 0.25) is 0 Å². The summed E-state index contributed by atoms with van der Waals surface area (Å²) in [6.45, 7) is 1.89. The zero-order valence-corrected chi connectivity index (χ0v) is 22.5. The second-order valence-electron chi connectivity index (χ2n) is 9.98. The van der Waals surface area contributed by atoms with Gasteiger partial charge < -0.3 is 19.5 Å². The first-order valence-electron chi connectivity index (χ1n) is 12.7. The molecule has 40 heavy (non-hydrogen) atoms. The van der Waals surface area contributed by atoms with Gasteiger partial charge in [0.2, 0.25) is 0 Å². The minimum atomic E-state index is -4.67. The predicted molar refractivity (Wildman–Crippen MR) is 141 cm³/mol. The van der Waals surface area contributed by atoms with E-state index >= 15 is 0 Å². The van der Waals surface area contributed by atoms with Crippen LogP contribution in [0.5, 0.6) is 5.75 Å². The molecule has 2 amide bonds. The van der Waals surface area contributed by atoms with Crippen LogP contribution in [-0.2, 0) is 20.3 Å². The minimum absolute atomic E-state index is 0.144. The summed E-state index contributed by atoms with van der Waals surface area (Å²) in [7, 11) is 4.68. The molecule has 0 spiro atoms. The van der Waals surface area contributed by atoms with Gasteiger partial charge in [-0.3, -0.25) is 14.3 Å². The number of halogens is 3. The molecule has 1 aliphatic heterocycles. The standard InChI is InChI=1S/C28H29F3N6O3/c1-16-24(36(3)34-25(16)28(29,30)31)26(38)33-20-10-11-37(14-19(20)17-8-6-5-7-9-17)27(39)18-12-21-23(22(13-18)40-4)32-15-35(21)2/h5-9,12-13,15,19-20H,10-11,14H2,1-4H3,(H,33,38)/t19-,20-/m1/s1. The molecule has 210 valence electrons. The second-order valence-corrected chi connectivity index (χ2v) is 9.98. The number of aryl methyl sites for hydroxylation is 2. The maximum atomic E-state index is 13.7. The molecule has 5 rings (SSSR count). The van der Waals surface area contributed by atoms with Crippen LogP contribution >= 0.6 is 0 Å². The third-order valence-corrected chi connectivity index (χ3v) is 7.47. The van der Waals surface area contributed by atoms with Crippen LogP contribution in [0.25, 0.3) is 11.0 Å². The molecule has 2 aromatic carbocycles. The largest absolute Gasteiger partial charge is 0.494 e. The van der Waals surface area contributed by atoms with E-state index in [1.165, 1.54) is 21.1 Å². The van der Waals surface area contributed by atoms with Crippen molar-refractivity contribution >= 4 is 22.8 Å². The predicted octanol–water partition coefficient (Wildman–Crippen LogP) is 4.07. The fourth-order valence-corrected chi connectivity index (χ4v) is 5.46. The summed E-state index contributed by atoms with van der Waals surface area (Å²) >= 11 is 0. The van der Waals surface area contributed by atoms with Gasteiger partial charge >= 0.3 is 6.18 Å². The number of nitrogens with zero attached hydrogens (tertiary/aromatic N) is 5. The van der Waals surface area contributed by atoms with Crippen molar-refractivity contribution < 1.29 is 27.5 Å². The van der Waals surface area contributed by atoms with Gasteiger partial charge in [-0.25, -0.2) is 4.98 Å². The van der Waals surface area contributed by atoms with Gasteiger partial charge in [-0.05, 0) is 31.0 Å². The minimum Gasteiger partial charge on any atom is -0.494 e. The highest BCUT2D eigenvalue weighted by atomic mass is 19.4. The Bertz CT molecular complexity index is 1580. The fourth-order valence-electron chi connectivity index (χ4n) is 5.46. The van der Waals surface area contributed by atoms with Gasteiger partial charge in [0.05, 0.1) is 19.0 Å². The number of amides is 2. The van der Waals surface area contributed by atoms with E-state index in [1.807, 2.05) is 41.9 Å². The van der Waals surface area contributed by atoms with Crippen molar-refractivity contribution in [1.82, 2.24) is 29.5 Å². The Morgan fingerprint density at radius 1 is 1.12 bits per heavy atom. The zero-order valence-electron chi connectivity index (χ0n) is 22.5. The molecule has 2 aromatic heterocycles. The number of benzene rings is 2. The SMILES string of the molecule is COc1cc(C(=O)N2CC[C@@H](NC(=O)c3c(C)c(C(F)(F)F)nn3C)[C@@H](c3ccccc3)C2)cc2c1ncn2C. The topological polar surface area (TPSA) is 94.3 Å². The maximum absolute atomic E-state index is 13.7. The van der Waals surface area contributed by atoms with Crippen LogP contribution in [0.1, 0.15) is 50.0 Å². The number of carbonyl (C=O) groups is 2. The molecule has 0 unspecified atom stereocenters. The average Bonchev–Trinajstić information content (AvgIpc) is 3.46. The Kier molecular flexibility index (Phi) is 7.03. The number of piperidine rings is 1. The van der Waals surface area contributed by atoms with Gasteiger partial charge in [0.1, 0.15) is 17.0 Å². The van der Waals surface area contributed by atoms with E-state index < -0.39 is 23.8 Å². The van der Waals surface area contributed by atoms with Crippen LogP contribution < -0.4 is 10.1 Å². The maximum Gasteiger partial charge on any atom is 0.435 e. The van der Waals surface area contributed by atoms with Crippen LogP contribution in [0.3, 0.4) is 0 Å². The van der Waals surface area contributed by atoms with Crippen molar-refractivity contribution in [2.24, 2.45) is 14.1 Å². The van der Waals surface area contributed by atoms with E-state index in [0.717, 1.165) is 15.8 Å². The Morgan fingerprint density at radius 2 is 1.85 bits per heavy atom. The summed E-state index contributed by atoms with van der Waals surface area (Å²) in [5, 5.41) is 6.48. The number of hydrogen-bond acceptors (Lipinski definition) is 5. The first-order valence-corrected chi connectivity index (χ1v) is 12.7. The lowest BCUT2D eigenvalue weighted by Gasteiger charge is -2.39. The van der Waals surface area contributed by atoms with Crippen molar-refractivity contribution in [3.63, 3.8) is 0 Å². The zero-order chi connectivity index (χ0) is 28.8. The molecule has 4 aromatic rings. The number of ether oxygens (including phenoxy) is 1. The van der Waals surface area contributed by atoms with Crippen molar-refractivity contribution in [2.45, 2.75) is 31.5 Å². The van der Waals surface area contributed by atoms with E-state index in [0.29, 0.717) is 36.3 Å². The number of rotatable bonds is 5.